The fraction of sp³-hybridized carbons (Fsp3) is 0.909. The summed E-state index contributed by atoms with van der Waals surface area (Å²) in [5.41, 5.74) is 5.30. The van der Waals surface area contributed by atoms with Crippen molar-refractivity contribution in [2.75, 3.05) is 32.7 Å². The van der Waals surface area contributed by atoms with E-state index in [1.165, 1.54) is 8.61 Å². The van der Waals surface area contributed by atoms with Crippen LogP contribution in [-0.4, -0.2) is 61.7 Å². The molecule has 0 aromatic heterocycles. The quantitative estimate of drug-likeness (QED) is 0.636. The number of rotatable bonds is 7. The summed E-state index contributed by atoms with van der Waals surface area (Å²) in [7, 11) is -3.62. The number of hydrogen-bond donors (Lipinski definition) is 2. The first-order chi connectivity index (χ1) is 8.95. The summed E-state index contributed by atoms with van der Waals surface area (Å²) in [5.74, 6) is -0.608. The first-order valence-corrected chi connectivity index (χ1v) is 8.11. The van der Waals surface area contributed by atoms with E-state index in [0.717, 1.165) is 12.8 Å². The van der Waals surface area contributed by atoms with E-state index in [4.69, 9.17) is 5.73 Å². The van der Waals surface area contributed by atoms with Crippen LogP contribution in [0.4, 0.5) is 0 Å². The van der Waals surface area contributed by atoms with E-state index in [-0.39, 0.29) is 13.1 Å². The SMILES string of the molecule is CCCN(CCC)S(=O)(=O)N1CCNCC1C(N)=O. The predicted molar refractivity (Wildman–Crippen MR) is 73.6 cm³/mol. The molecule has 0 aromatic rings. The molecule has 7 nitrogen and oxygen atoms in total. The average molecular weight is 292 g/mol. The molecule has 1 unspecified atom stereocenters. The van der Waals surface area contributed by atoms with E-state index in [9.17, 15) is 13.2 Å². The van der Waals surface area contributed by atoms with Gasteiger partial charge < -0.3 is 11.1 Å². The van der Waals surface area contributed by atoms with Crippen LogP contribution in [0.1, 0.15) is 26.7 Å². The molecule has 3 N–H and O–H groups in total. The lowest BCUT2D eigenvalue weighted by Crippen LogP contribution is -2.61. The van der Waals surface area contributed by atoms with Crippen LogP contribution >= 0.6 is 0 Å². The van der Waals surface area contributed by atoms with Crippen molar-refractivity contribution in [3.63, 3.8) is 0 Å². The maximum atomic E-state index is 12.6. The van der Waals surface area contributed by atoms with Crippen molar-refractivity contribution >= 4 is 16.1 Å². The molecule has 1 amide bonds. The molecule has 1 fully saturated rings. The van der Waals surface area contributed by atoms with Crippen LogP contribution in [0.25, 0.3) is 0 Å². The highest BCUT2D eigenvalue weighted by Gasteiger charge is 2.38. The topological polar surface area (TPSA) is 95.7 Å². The lowest BCUT2D eigenvalue weighted by Gasteiger charge is -2.36. The molecule has 8 heteroatoms. The number of carbonyl (C=O) groups is 1. The van der Waals surface area contributed by atoms with E-state index in [2.05, 4.69) is 5.32 Å². The van der Waals surface area contributed by atoms with Crippen molar-refractivity contribution in [2.24, 2.45) is 5.73 Å². The highest BCUT2D eigenvalue weighted by molar-refractivity contribution is 7.86. The maximum Gasteiger partial charge on any atom is 0.282 e. The zero-order valence-electron chi connectivity index (χ0n) is 11.6. The molecule has 0 bridgehead atoms. The summed E-state index contributed by atoms with van der Waals surface area (Å²) >= 11 is 0. The first-order valence-electron chi connectivity index (χ1n) is 6.72. The number of carbonyl (C=O) groups excluding carboxylic acids is 1. The van der Waals surface area contributed by atoms with Crippen LogP contribution < -0.4 is 11.1 Å². The third-order valence-electron chi connectivity index (χ3n) is 3.09. The molecule has 1 rings (SSSR count). The van der Waals surface area contributed by atoms with Crippen molar-refractivity contribution < 1.29 is 13.2 Å². The van der Waals surface area contributed by atoms with Crippen molar-refractivity contribution in [1.82, 2.24) is 13.9 Å². The smallest absolute Gasteiger partial charge is 0.282 e. The number of nitrogens with two attached hydrogens (primary N) is 1. The van der Waals surface area contributed by atoms with E-state index >= 15 is 0 Å². The first kappa shape index (κ1) is 16.4. The van der Waals surface area contributed by atoms with Gasteiger partial charge in [-0.1, -0.05) is 13.8 Å². The van der Waals surface area contributed by atoms with Crippen LogP contribution in [-0.2, 0) is 15.0 Å². The van der Waals surface area contributed by atoms with E-state index in [1.807, 2.05) is 13.8 Å². The Morgan fingerprint density at radius 1 is 1.37 bits per heavy atom. The van der Waals surface area contributed by atoms with E-state index < -0.39 is 22.2 Å². The van der Waals surface area contributed by atoms with Gasteiger partial charge in [-0.25, -0.2) is 0 Å². The normalized spacial score (nSPS) is 21.7. The number of nitrogens with zero attached hydrogens (tertiary/aromatic N) is 2. The Hall–Kier alpha value is -0.700. The molecule has 1 saturated heterocycles. The minimum Gasteiger partial charge on any atom is -0.368 e. The van der Waals surface area contributed by atoms with Crippen LogP contribution in [0.3, 0.4) is 0 Å². The molecule has 0 aliphatic carbocycles. The van der Waals surface area contributed by atoms with Crippen LogP contribution in [0.2, 0.25) is 0 Å². The highest BCUT2D eigenvalue weighted by atomic mass is 32.2. The number of hydrogen-bond acceptors (Lipinski definition) is 4. The zero-order chi connectivity index (χ0) is 14.5. The summed E-state index contributed by atoms with van der Waals surface area (Å²) in [6, 6.07) is -0.796. The molecule has 0 radical (unpaired) electrons. The van der Waals surface area contributed by atoms with Gasteiger partial charge in [-0.05, 0) is 12.8 Å². The maximum absolute atomic E-state index is 12.6. The van der Waals surface area contributed by atoms with Gasteiger partial charge in [0.15, 0.2) is 0 Å². The van der Waals surface area contributed by atoms with Gasteiger partial charge in [0.1, 0.15) is 6.04 Å². The number of nitrogens with one attached hydrogen (secondary N) is 1. The molecule has 1 aliphatic rings. The van der Waals surface area contributed by atoms with E-state index in [0.29, 0.717) is 19.6 Å². The monoisotopic (exact) mass is 292 g/mol. The fourth-order valence-corrected chi connectivity index (χ4v) is 4.14. The Kier molecular flexibility index (Phi) is 6.18. The van der Waals surface area contributed by atoms with Gasteiger partial charge in [0.05, 0.1) is 0 Å². The standard InChI is InChI=1S/C11H24N4O3S/c1-3-6-14(7-4-2)19(17,18)15-8-5-13-9-10(15)11(12)16/h10,13H,3-9H2,1-2H3,(H2,12,16). The Bertz CT molecular complexity index is 393. The Morgan fingerprint density at radius 2 is 1.95 bits per heavy atom. The van der Waals surface area contributed by atoms with Gasteiger partial charge in [-0.2, -0.15) is 17.0 Å². The molecular weight excluding hydrogens is 268 g/mol. The molecule has 1 aliphatic heterocycles. The van der Waals surface area contributed by atoms with E-state index in [1.54, 1.807) is 0 Å². The molecule has 1 heterocycles. The molecule has 19 heavy (non-hydrogen) atoms. The van der Waals surface area contributed by atoms with Crippen LogP contribution in [0.15, 0.2) is 0 Å². The summed E-state index contributed by atoms with van der Waals surface area (Å²) < 4.78 is 27.9. The lowest BCUT2D eigenvalue weighted by atomic mass is 10.2. The van der Waals surface area contributed by atoms with Crippen molar-refractivity contribution in [3.05, 3.63) is 0 Å². The molecule has 112 valence electrons. The Labute approximate surface area is 115 Å². The molecule has 0 spiro atoms. The van der Waals surface area contributed by atoms with Gasteiger partial charge in [-0.15, -0.1) is 0 Å². The molecular formula is C11H24N4O3S. The van der Waals surface area contributed by atoms with Gasteiger partial charge in [0.2, 0.25) is 5.91 Å². The van der Waals surface area contributed by atoms with Crippen LogP contribution in [0.5, 0.6) is 0 Å². The summed E-state index contributed by atoms with van der Waals surface area (Å²) in [4.78, 5) is 11.4. The largest absolute Gasteiger partial charge is 0.368 e. The zero-order valence-corrected chi connectivity index (χ0v) is 12.4. The second-order valence-electron chi connectivity index (χ2n) is 4.64. The second kappa shape index (κ2) is 7.18. The predicted octanol–water partition coefficient (Wildman–Crippen LogP) is -0.888. The van der Waals surface area contributed by atoms with Gasteiger partial charge in [-0.3, -0.25) is 4.79 Å². The van der Waals surface area contributed by atoms with Gasteiger partial charge in [0, 0.05) is 32.7 Å². The number of amides is 1. The Balaban J connectivity index is 2.96. The van der Waals surface area contributed by atoms with Gasteiger partial charge in [0.25, 0.3) is 10.2 Å². The summed E-state index contributed by atoms with van der Waals surface area (Å²) in [6.07, 6.45) is 1.49. The molecule has 1 atom stereocenters. The van der Waals surface area contributed by atoms with Crippen molar-refractivity contribution in [1.29, 1.82) is 0 Å². The van der Waals surface area contributed by atoms with Crippen molar-refractivity contribution in [2.45, 2.75) is 32.7 Å². The third kappa shape index (κ3) is 3.88. The van der Waals surface area contributed by atoms with Gasteiger partial charge >= 0.3 is 0 Å². The number of primary amides is 1. The Morgan fingerprint density at radius 3 is 2.42 bits per heavy atom. The van der Waals surface area contributed by atoms with Crippen LogP contribution in [0, 0.1) is 0 Å². The number of piperazine rings is 1. The highest BCUT2D eigenvalue weighted by Crippen LogP contribution is 2.15. The lowest BCUT2D eigenvalue weighted by molar-refractivity contribution is -0.122. The molecule has 0 aromatic carbocycles. The summed E-state index contributed by atoms with van der Waals surface area (Å²) in [5, 5.41) is 3.00. The van der Waals surface area contributed by atoms with Crippen molar-refractivity contribution in [3.8, 4) is 0 Å². The fourth-order valence-electron chi connectivity index (χ4n) is 2.19. The minimum atomic E-state index is -3.62. The summed E-state index contributed by atoms with van der Waals surface area (Å²) in [6.45, 7) is 5.88. The average Bonchev–Trinajstić information content (AvgIpc) is 2.38. The second-order valence-corrected chi connectivity index (χ2v) is 6.52. The molecule has 0 saturated carbocycles. The third-order valence-corrected chi connectivity index (χ3v) is 5.14. The minimum absolute atomic E-state index is 0.278.